The number of hydrogen-bond donors (Lipinski definition) is 1. The number of benzene rings is 2. The zero-order chi connectivity index (χ0) is 23.5. The second kappa shape index (κ2) is 12.5. The summed E-state index contributed by atoms with van der Waals surface area (Å²) in [5, 5.41) is 2.72. The van der Waals surface area contributed by atoms with Gasteiger partial charge in [0.05, 0.1) is 13.0 Å². The molecular formula is C25H30N2O6. The number of ether oxygens (including phenoxy) is 3. The van der Waals surface area contributed by atoms with E-state index in [1.54, 1.807) is 24.3 Å². The molecule has 0 spiro atoms. The molecule has 8 heteroatoms. The molecule has 1 saturated heterocycles. The first-order valence-corrected chi connectivity index (χ1v) is 11.2. The topological polar surface area (TPSA) is 94.2 Å². The molecule has 1 N–H and O–H groups in total. The zero-order valence-electron chi connectivity index (χ0n) is 18.8. The lowest BCUT2D eigenvalue weighted by molar-refractivity contribution is -0.148. The Morgan fingerprint density at radius 1 is 1.00 bits per heavy atom. The lowest BCUT2D eigenvalue weighted by Crippen LogP contribution is -2.57. The van der Waals surface area contributed by atoms with Crippen molar-refractivity contribution in [2.24, 2.45) is 0 Å². The second-order valence-electron chi connectivity index (χ2n) is 7.62. The van der Waals surface area contributed by atoms with E-state index in [2.05, 4.69) is 12.2 Å². The highest BCUT2D eigenvalue weighted by Gasteiger charge is 2.35. The summed E-state index contributed by atoms with van der Waals surface area (Å²) in [5.74, 6) is 0.0182. The molecule has 2 aromatic rings. The van der Waals surface area contributed by atoms with E-state index in [0.29, 0.717) is 36.8 Å². The van der Waals surface area contributed by atoms with Gasteiger partial charge in [0.15, 0.2) is 0 Å². The Morgan fingerprint density at radius 3 is 2.55 bits per heavy atom. The normalized spacial score (nSPS) is 15.5. The molecule has 1 heterocycles. The summed E-state index contributed by atoms with van der Waals surface area (Å²) in [6.07, 6.45) is 1.71. The van der Waals surface area contributed by atoms with Gasteiger partial charge < -0.3 is 24.4 Å². The number of hydrogen-bond acceptors (Lipinski definition) is 6. The molecule has 0 radical (unpaired) electrons. The van der Waals surface area contributed by atoms with Crippen molar-refractivity contribution in [1.29, 1.82) is 0 Å². The van der Waals surface area contributed by atoms with Gasteiger partial charge in [-0.1, -0.05) is 37.6 Å². The lowest BCUT2D eigenvalue weighted by Gasteiger charge is -2.34. The summed E-state index contributed by atoms with van der Waals surface area (Å²) >= 11 is 0. The molecule has 2 amide bonds. The molecule has 33 heavy (non-hydrogen) atoms. The van der Waals surface area contributed by atoms with Crippen molar-refractivity contribution in [1.82, 2.24) is 10.2 Å². The quantitative estimate of drug-likeness (QED) is 0.415. The fourth-order valence-corrected chi connectivity index (χ4v) is 3.43. The van der Waals surface area contributed by atoms with Crippen LogP contribution in [0.5, 0.6) is 11.5 Å². The van der Waals surface area contributed by atoms with Gasteiger partial charge in [-0.15, -0.1) is 0 Å². The smallest absolute Gasteiger partial charge is 0.308 e. The molecule has 0 bridgehead atoms. The van der Waals surface area contributed by atoms with E-state index in [1.165, 1.54) is 4.90 Å². The van der Waals surface area contributed by atoms with Crippen LogP contribution in [-0.4, -0.2) is 61.6 Å². The number of nitrogens with one attached hydrogen (secondary N) is 1. The summed E-state index contributed by atoms with van der Waals surface area (Å²) in [6, 6.07) is 15.1. The Labute approximate surface area is 193 Å². The third-order valence-electron chi connectivity index (χ3n) is 5.16. The summed E-state index contributed by atoms with van der Waals surface area (Å²) in [5.41, 5.74) is 0.410. The van der Waals surface area contributed by atoms with Crippen LogP contribution in [-0.2, 0) is 14.3 Å². The predicted molar refractivity (Wildman–Crippen MR) is 122 cm³/mol. The van der Waals surface area contributed by atoms with Crippen molar-refractivity contribution in [2.75, 3.05) is 32.9 Å². The van der Waals surface area contributed by atoms with Crippen molar-refractivity contribution in [3.8, 4) is 11.5 Å². The van der Waals surface area contributed by atoms with Gasteiger partial charge in [0.2, 0.25) is 5.91 Å². The second-order valence-corrected chi connectivity index (χ2v) is 7.62. The molecule has 0 saturated carbocycles. The van der Waals surface area contributed by atoms with E-state index in [0.717, 1.165) is 12.8 Å². The predicted octanol–water partition coefficient (Wildman–Crippen LogP) is 2.82. The standard InChI is InChI=1S/C25H30N2O6/c1-2-3-14-31-21-11-7-8-19(17-21)25(30)27-13-12-26-24(29)22(27)18-23(28)33-16-15-32-20-9-5-4-6-10-20/h4-11,17,22H,2-3,12-16,18H2,1H3,(H,26,29). The van der Waals surface area contributed by atoms with Crippen LogP contribution in [0.25, 0.3) is 0 Å². The van der Waals surface area contributed by atoms with Gasteiger partial charge in [-0.3, -0.25) is 14.4 Å². The number of nitrogens with zero attached hydrogens (tertiary/aromatic N) is 1. The molecule has 8 nitrogen and oxygen atoms in total. The largest absolute Gasteiger partial charge is 0.494 e. The molecule has 0 aliphatic carbocycles. The molecule has 176 valence electrons. The van der Waals surface area contributed by atoms with E-state index in [1.807, 2.05) is 30.3 Å². The Kier molecular flexibility index (Phi) is 9.11. The van der Waals surface area contributed by atoms with E-state index >= 15 is 0 Å². The van der Waals surface area contributed by atoms with Crippen molar-refractivity contribution in [3.63, 3.8) is 0 Å². The minimum absolute atomic E-state index is 0.0488. The van der Waals surface area contributed by atoms with Crippen LogP contribution >= 0.6 is 0 Å². The zero-order valence-corrected chi connectivity index (χ0v) is 18.8. The van der Waals surface area contributed by atoms with Crippen LogP contribution in [0, 0.1) is 0 Å². The van der Waals surface area contributed by atoms with Gasteiger partial charge in [0.1, 0.15) is 30.8 Å². The van der Waals surface area contributed by atoms with Crippen molar-refractivity contribution < 1.29 is 28.6 Å². The molecule has 2 aromatic carbocycles. The molecule has 1 fully saturated rings. The summed E-state index contributed by atoms with van der Waals surface area (Å²) in [6.45, 7) is 3.52. The van der Waals surface area contributed by atoms with Gasteiger partial charge in [-0.2, -0.15) is 0 Å². The Balaban J connectivity index is 1.56. The number of carbonyl (C=O) groups is 3. The molecule has 3 rings (SSSR count). The van der Waals surface area contributed by atoms with Crippen LogP contribution in [0.3, 0.4) is 0 Å². The average Bonchev–Trinajstić information content (AvgIpc) is 2.84. The van der Waals surface area contributed by atoms with E-state index in [-0.39, 0.29) is 31.4 Å². The maximum atomic E-state index is 13.2. The van der Waals surface area contributed by atoms with Crippen LogP contribution in [0.4, 0.5) is 0 Å². The molecular weight excluding hydrogens is 424 g/mol. The van der Waals surface area contributed by atoms with E-state index < -0.39 is 12.0 Å². The average molecular weight is 455 g/mol. The first-order chi connectivity index (χ1) is 16.1. The third-order valence-corrected chi connectivity index (χ3v) is 5.16. The highest BCUT2D eigenvalue weighted by Crippen LogP contribution is 2.19. The highest BCUT2D eigenvalue weighted by molar-refractivity contribution is 5.99. The lowest BCUT2D eigenvalue weighted by atomic mass is 10.1. The molecule has 1 aliphatic rings. The fourth-order valence-electron chi connectivity index (χ4n) is 3.43. The monoisotopic (exact) mass is 454 g/mol. The first-order valence-electron chi connectivity index (χ1n) is 11.2. The van der Waals surface area contributed by atoms with Gasteiger partial charge in [-0.05, 0) is 36.8 Å². The summed E-state index contributed by atoms with van der Waals surface area (Å²) in [4.78, 5) is 39.4. The molecule has 1 aliphatic heterocycles. The summed E-state index contributed by atoms with van der Waals surface area (Å²) in [7, 11) is 0. The van der Waals surface area contributed by atoms with Crippen molar-refractivity contribution >= 4 is 17.8 Å². The van der Waals surface area contributed by atoms with Gasteiger partial charge in [-0.25, -0.2) is 0 Å². The molecule has 1 atom stereocenters. The van der Waals surface area contributed by atoms with Crippen molar-refractivity contribution in [2.45, 2.75) is 32.2 Å². The highest BCUT2D eigenvalue weighted by atomic mass is 16.6. The number of rotatable bonds is 11. The Bertz CT molecular complexity index is 934. The van der Waals surface area contributed by atoms with Crippen LogP contribution in [0.2, 0.25) is 0 Å². The van der Waals surface area contributed by atoms with E-state index in [9.17, 15) is 14.4 Å². The molecule has 1 unspecified atom stereocenters. The molecule has 0 aromatic heterocycles. The van der Waals surface area contributed by atoms with Crippen molar-refractivity contribution in [3.05, 3.63) is 60.2 Å². The number of piperazine rings is 1. The van der Waals surface area contributed by atoms with Gasteiger partial charge in [0.25, 0.3) is 5.91 Å². The van der Waals surface area contributed by atoms with Crippen LogP contribution in [0.1, 0.15) is 36.5 Å². The number of amides is 2. The Hall–Kier alpha value is -3.55. The van der Waals surface area contributed by atoms with Gasteiger partial charge in [0, 0.05) is 18.7 Å². The SMILES string of the molecule is CCCCOc1cccc(C(=O)N2CCNC(=O)C2CC(=O)OCCOc2ccccc2)c1. The maximum absolute atomic E-state index is 13.2. The number of carbonyl (C=O) groups excluding carboxylic acids is 3. The Morgan fingerprint density at radius 2 is 1.76 bits per heavy atom. The number of esters is 1. The van der Waals surface area contributed by atoms with Crippen LogP contribution in [0.15, 0.2) is 54.6 Å². The third kappa shape index (κ3) is 7.24. The summed E-state index contributed by atoms with van der Waals surface area (Å²) < 4.78 is 16.4. The minimum Gasteiger partial charge on any atom is -0.494 e. The number of unbranched alkanes of at least 4 members (excludes halogenated alkanes) is 1. The fraction of sp³-hybridized carbons (Fsp3) is 0.400. The minimum atomic E-state index is -0.932. The maximum Gasteiger partial charge on any atom is 0.308 e. The van der Waals surface area contributed by atoms with E-state index in [4.69, 9.17) is 14.2 Å². The van der Waals surface area contributed by atoms with Gasteiger partial charge >= 0.3 is 5.97 Å². The van der Waals surface area contributed by atoms with Crippen LogP contribution < -0.4 is 14.8 Å². The first kappa shape index (κ1) is 24.1. The number of para-hydroxylation sites is 1.